The Bertz CT molecular complexity index is 969. The van der Waals surface area contributed by atoms with Gasteiger partial charge >= 0.3 is 0 Å². The van der Waals surface area contributed by atoms with Gasteiger partial charge in [-0.3, -0.25) is 14.5 Å². The van der Waals surface area contributed by atoms with Gasteiger partial charge in [-0.1, -0.05) is 35.3 Å². The Balaban J connectivity index is 1.28. The summed E-state index contributed by atoms with van der Waals surface area (Å²) in [6, 6.07) is 13.9. The number of fused-ring (bicyclic) bond motifs is 2. The highest BCUT2D eigenvalue weighted by Crippen LogP contribution is 2.37. The third-order valence-corrected chi connectivity index (χ3v) is 6.83. The summed E-state index contributed by atoms with van der Waals surface area (Å²) in [5.41, 5.74) is 1.56. The minimum absolute atomic E-state index is 0.0885. The number of hydrogen-bond donors (Lipinski definition) is 2. The van der Waals surface area contributed by atoms with Crippen molar-refractivity contribution in [3.8, 4) is 5.75 Å². The third kappa shape index (κ3) is 5.37. The predicted molar refractivity (Wildman–Crippen MR) is 125 cm³/mol. The first-order valence-corrected chi connectivity index (χ1v) is 11.6. The quantitative estimate of drug-likeness (QED) is 0.633. The fourth-order valence-electron chi connectivity index (χ4n) is 4.84. The molecular weight excluding hydrogens is 449 g/mol. The van der Waals surface area contributed by atoms with E-state index in [4.69, 9.17) is 27.9 Å². The monoisotopic (exact) mass is 475 g/mol. The average Bonchev–Trinajstić information content (AvgIpc) is 3.01. The van der Waals surface area contributed by atoms with Crippen molar-refractivity contribution in [2.75, 3.05) is 13.7 Å². The van der Waals surface area contributed by atoms with Crippen molar-refractivity contribution in [1.82, 2.24) is 15.5 Å². The van der Waals surface area contributed by atoms with Crippen molar-refractivity contribution in [3.05, 3.63) is 63.6 Å². The molecule has 4 rings (SSSR count). The molecule has 0 unspecified atom stereocenters. The summed E-state index contributed by atoms with van der Waals surface area (Å²) < 4.78 is 5.21. The van der Waals surface area contributed by atoms with Crippen molar-refractivity contribution < 1.29 is 14.3 Å². The molecule has 0 aliphatic carbocycles. The topological polar surface area (TPSA) is 70.7 Å². The number of rotatable bonds is 7. The second-order valence-electron chi connectivity index (χ2n) is 8.45. The number of methoxy groups -OCH3 is 1. The molecule has 170 valence electrons. The number of amides is 2. The van der Waals surface area contributed by atoms with Crippen LogP contribution in [0.25, 0.3) is 0 Å². The Labute approximate surface area is 198 Å². The molecule has 0 spiro atoms. The molecule has 2 aromatic carbocycles. The second-order valence-corrected chi connectivity index (χ2v) is 9.32. The van der Waals surface area contributed by atoms with E-state index in [0.717, 1.165) is 37.3 Å². The summed E-state index contributed by atoms with van der Waals surface area (Å²) in [6.07, 6.45) is 4.14. The summed E-state index contributed by atoms with van der Waals surface area (Å²) in [5.74, 6) is -0.163. The fourth-order valence-corrected chi connectivity index (χ4v) is 5.14. The third-order valence-electron chi connectivity index (χ3n) is 6.34. The van der Waals surface area contributed by atoms with E-state index >= 15 is 0 Å². The molecule has 0 radical (unpaired) electrons. The largest absolute Gasteiger partial charge is 0.496 e. The molecule has 2 aromatic rings. The van der Waals surface area contributed by atoms with Crippen LogP contribution in [0.4, 0.5) is 0 Å². The number of hydrogen-bond acceptors (Lipinski definition) is 4. The Hall–Kier alpha value is -2.28. The molecule has 0 aromatic heterocycles. The Morgan fingerprint density at radius 3 is 2.34 bits per heavy atom. The van der Waals surface area contributed by atoms with Crippen LogP contribution < -0.4 is 15.4 Å². The molecular formula is C24H27Cl2N3O3. The number of ether oxygens (including phenoxy) is 1. The molecule has 6 nitrogen and oxygen atoms in total. The van der Waals surface area contributed by atoms with Crippen LogP contribution in [0, 0.1) is 0 Å². The van der Waals surface area contributed by atoms with Gasteiger partial charge in [0.2, 0.25) is 5.91 Å². The highest BCUT2D eigenvalue weighted by Gasteiger charge is 2.40. The molecule has 2 fully saturated rings. The molecule has 3 atom stereocenters. The minimum Gasteiger partial charge on any atom is -0.496 e. The van der Waals surface area contributed by atoms with Crippen LogP contribution in [-0.2, 0) is 11.3 Å². The molecule has 0 saturated carbocycles. The highest BCUT2D eigenvalue weighted by atomic mass is 35.5. The first-order chi connectivity index (χ1) is 15.4. The highest BCUT2D eigenvalue weighted by molar-refractivity contribution is 6.31. The number of piperidine rings is 1. The van der Waals surface area contributed by atoms with Crippen LogP contribution in [-0.4, -0.2) is 48.5 Å². The predicted octanol–water partition coefficient (Wildman–Crippen LogP) is 4.04. The second kappa shape index (κ2) is 10.1. The summed E-state index contributed by atoms with van der Waals surface area (Å²) >= 11 is 12.0. The van der Waals surface area contributed by atoms with Gasteiger partial charge in [0.05, 0.1) is 19.2 Å². The van der Waals surface area contributed by atoms with E-state index in [2.05, 4.69) is 27.7 Å². The van der Waals surface area contributed by atoms with E-state index in [1.54, 1.807) is 12.1 Å². The van der Waals surface area contributed by atoms with E-state index < -0.39 is 5.91 Å². The van der Waals surface area contributed by atoms with Crippen molar-refractivity contribution in [2.24, 2.45) is 0 Å². The van der Waals surface area contributed by atoms with Crippen LogP contribution in [0.3, 0.4) is 0 Å². The van der Waals surface area contributed by atoms with Crippen molar-refractivity contribution in [3.63, 3.8) is 0 Å². The number of benzene rings is 2. The Kier molecular flexibility index (Phi) is 7.23. The maximum Gasteiger partial charge on any atom is 0.255 e. The molecule has 2 heterocycles. The van der Waals surface area contributed by atoms with E-state index in [1.807, 2.05) is 12.1 Å². The summed E-state index contributed by atoms with van der Waals surface area (Å²) in [5, 5.41) is 6.95. The van der Waals surface area contributed by atoms with Gasteiger partial charge in [0.25, 0.3) is 5.91 Å². The zero-order chi connectivity index (χ0) is 22.7. The fraction of sp³-hybridized carbons (Fsp3) is 0.417. The smallest absolute Gasteiger partial charge is 0.255 e. The summed E-state index contributed by atoms with van der Waals surface area (Å²) in [6.45, 7) is 0.819. The lowest BCUT2D eigenvalue weighted by molar-refractivity contribution is -0.121. The van der Waals surface area contributed by atoms with Gasteiger partial charge in [0.15, 0.2) is 0 Å². The van der Waals surface area contributed by atoms with Gasteiger partial charge in [0.1, 0.15) is 5.75 Å². The zero-order valence-electron chi connectivity index (χ0n) is 17.9. The van der Waals surface area contributed by atoms with Crippen LogP contribution >= 0.6 is 23.2 Å². The normalized spacial score (nSPS) is 22.4. The average molecular weight is 476 g/mol. The van der Waals surface area contributed by atoms with Crippen LogP contribution in [0.15, 0.2) is 42.5 Å². The zero-order valence-corrected chi connectivity index (χ0v) is 19.5. The van der Waals surface area contributed by atoms with Gasteiger partial charge in [-0.15, -0.1) is 0 Å². The van der Waals surface area contributed by atoms with Gasteiger partial charge in [-0.05, 0) is 61.6 Å². The number of carbonyl (C=O) groups excluding carboxylic acids is 2. The lowest BCUT2D eigenvalue weighted by atomic mass is 9.96. The first kappa shape index (κ1) is 22.9. The Morgan fingerprint density at radius 2 is 1.69 bits per heavy atom. The van der Waals surface area contributed by atoms with E-state index in [9.17, 15) is 9.59 Å². The molecule has 2 aliphatic rings. The van der Waals surface area contributed by atoms with Crippen LogP contribution in [0.1, 0.15) is 41.6 Å². The molecule has 2 bridgehead atoms. The van der Waals surface area contributed by atoms with E-state index in [-0.39, 0.29) is 18.5 Å². The lowest BCUT2D eigenvalue weighted by Crippen LogP contribution is -2.51. The molecule has 2 aliphatic heterocycles. The lowest BCUT2D eigenvalue weighted by Gasteiger charge is -2.39. The summed E-state index contributed by atoms with van der Waals surface area (Å²) in [4.78, 5) is 27.5. The van der Waals surface area contributed by atoms with Crippen molar-refractivity contribution >= 4 is 35.0 Å². The van der Waals surface area contributed by atoms with Gasteiger partial charge < -0.3 is 15.4 Å². The van der Waals surface area contributed by atoms with Gasteiger partial charge in [0, 0.05) is 34.7 Å². The maximum atomic E-state index is 12.5. The van der Waals surface area contributed by atoms with Crippen LogP contribution in [0.5, 0.6) is 5.75 Å². The van der Waals surface area contributed by atoms with Gasteiger partial charge in [-0.25, -0.2) is 0 Å². The van der Waals surface area contributed by atoms with Crippen molar-refractivity contribution in [1.29, 1.82) is 0 Å². The molecule has 2 amide bonds. The van der Waals surface area contributed by atoms with Gasteiger partial charge in [-0.2, -0.15) is 0 Å². The number of nitrogens with one attached hydrogen (secondary N) is 2. The first-order valence-electron chi connectivity index (χ1n) is 10.8. The molecule has 2 N–H and O–H groups in total. The summed E-state index contributed by atoms with van der Waals surface area (Å²) in [7, 11) is 1.49. The van der Waals surface area contributed by atoms with Crippen LogP contribution in [0.2, 0.25) is 10.0 Å². The standard InChI is InChI=1S/C24H27Cl2N3O3/c1-32-22-9-6-17(26)10-21(22)24(31)27-13-23(30)28-18-11-19-7-8-20(12-18)29(19)14-15-2-4-16(25)5-3-15/h2-6,9-10,18-20H,7-8,11-14H2,1H3,(H,27,31)(H,28,30)/t18-,19+,20-. The number of halogens is 2. The number of nitrogens with zero attached hydrogens (tertiary/aromatic N) is 1. The van der Waals surface area contributed by atoms with Crippen molar-refractivity contribution in [2.45, 2.75) is 50.4 Å². The Morgan fingerprint density at radius 1 is 1.03 bits per heavy atom. The maximum absolute atomic E-state index is 12.5. The molecule has 2 saturated heterocycles. The molecule has 32 heavy (non-hydrogen) atoms. The SMILES string of the molecule is COc1ccc(Cl)cc1C(=O)NCC(=O)N[C@H]1C[C@H]2CC[C@@H](C1)N2Cc1ccc(Cl)cc1. The molecule has 8 heteroatoms. The van der Waals surface area contributed by atoms with E-state index in [1.165, 1.54) is 18.7 Å². The number of carbonyl (C=O) groups is 2. The van der Waals surface area contributed by atoms with E-state index in [0.29, 0.717) is 28.4 Å². The minimum atomic E-state index is -0.391.